The normalized spacial score (nSPS) is 10.9. The van der Waals surface area contributed by atoms with Crippen LogP contribution in [0.5, 0.6) is 5.75 Å². The number of carboxylic acid groups (broad SMARTS) is 1. The van der Waals surface area contributed by atoms with Gasteiger partial charge in [0.15, 0.2) is 0 Å². The van der Waals surface area contributed by atoms with Crippen molar-refractivity contribution >= 4 is 23.8 Å². The lowest BCUT2D eigenvalue weighted by Gasteiger charge is -2.05. The predicted molar refractivity (Wildman–Crippen MR) is 82.5 cm³/mol. The van der Waals surface area contributed by atoms with Gasteiger partial charge in [-0.3, -0.25) is 4.68 Å². The Labute approximate surface area is 127 Å². The molecule has 1 heterocycles. The summed E-state index contributed by atoms with van der Waals surface area (Å²) < 4.78 is 7.40. The molecule has 1 N–H and O–H groups in total. The molecule has 0 unspecified atom stereocenters. The molecule has 110 valence electrons. The number of rotatable bonds is 7. The molecule has 2 rings (SSSR count). The van der Waals surface area contributed by atoms with Gasteiger partial charge in [-0.05, 0) is 23.8 Å². The second-order valence-corrected chi connectivity index (χ2v) is 5.46. The van der Waals surface area contributed by atoms with Crippen LogP contribution in [-0.4, -0.2) is 33.2 Å². The van der Waals surface area contributed by atoms with Crippen LogP contribution in [0.1, 0.15) is 5.56 Å². The highest BCUT2D eigenvalue weighted by molar-refractivity contribution is 7.99. The number of aromatic nitrogens is 2. The van der Waals surface area contributed by atoms with Crippen LogP contribution in [0.3, 0.4) is 0 Å². The molecule has 0 radical (unpaired) electrons. The van der Waals surface area contributed by atoms with E-state index in [4.69, 9.17) is 9.84 Å². The molecule has 1 aromatic heterocycles. The molecule has 0 aliphatic heterocycles. The molecule has 5 nitrogen and oxygen atoms in total. The van der Waals surface area contributed by atoms with Gasteiger partial charge in [0.1, 0.15) is 5.75 Å². The van der Waals surface area contributed by atoms with Crippen molar-refractivity contribution in [3.05, 3.63) is 48.3 Å². The number of nitrogens with zero attached hydrogens (tertiary/aromatic N) is 2. The summed E-state index contributed by atoms with van der Waals surface area (Å²) in [6.07, 6.45) is 6.45. The average molecular weight is 304 g/mol. The van der Waals surface area contributed by atoms with Gasteiger partial charge < -0.3 is 9.84 Å². The van der Waals surface area contributed by atoms with E-state index in [0.29, 0.717) is 6.61 Å². The third-order valence-corrected chi connectivity index (χ3v) is 3.52. The van der Waals surface area contributed by atoms with E-state index in [9.17, 15) is 4.79 Å². The van der Waals surface area contributed by atoms with E-state index in [0.717, 1.165) is 28.0 Å². The number of aliphatic carboxylic acids is 1. The van der Waals surface area contributed by atoms with E-state index in [1.54, 1.807) is 22.5 Å². The standard InChI is InChI=1S/C15H16N2O3S/c1-17-11-14(10-16-17)21-9-8-20-13-5-2-12(3-6-13)4-7-15(18)19/h2-7,10-11H,8-9H2,1H3,(H,18,19). The Balaban J connectivity index is 1.74. The molecule has 1 aromatic carbocycles. The number of aryl methyl sites for hydroxylation is 1. The molecule has 0 saturated carbocycles. The minimum absolute atomic E-state index is 0.601. The summed E-state index contributed by atoms with van der Waals surface area (Å²) in [5.41, 5.74) is 0.828. The second kappa shape index (κ2) is 7.54. The highest BCUT2D eigenvalue weighted by atomic mass is 32.2. The van der Waals surface area contributed by atoms with Gasteiger partial charge >= 0.3 is 5.97 Å². The van der Waals surface area contributed by atoms with Crippen molar-refractivity contribution in [2.75, 3.05) is 12.4 Å². The number of thioether (sulfide) groups is 1. The first-order valence-electron chi connectivity index (χ1n) is 6.39. The summed E-state index contributed by atoms with van der Waals surface area (Å²) in [6.45, 7) is 0.601. The minimum Gasteiger partial charge on any atom is -0.493 e. The molecular weight excluding hydrogens is 288 g/mol. The molecule has 0 saturated heterocycles. The van der Waals surface area contributed by atoms with Crippen molar-refractivity contribution in [2.45, 2.75) is 4.90 Å². The van der Waals surface area contributed by atoms with Crippen LogP contribution >= 0.6 is 11.8 Å². The Morgan fingerprint density at radius 3 is 2.81 bits per heavy atom. The van der Waals surface area contributed by atoms with Gasteiger partial charge in [0.25, 0.3) is 0 Å². The van der Waals surface area contributed by atoms with Crippen molar-refractivity contribution in [3.63, 3.8) is 0 Å². The van der Waals surface area contributed by atoms with Crippen LogP contribution in [0, 0.1) is 0 Å². The zero-order chi connectivity index (χ0) is 15.1. The summed E-state index contributed by atoms with van der Waals surface area (Å²) in [7, 11) is 1.89. The van der Waals surface area contributed by atoms with Crippen molar-refractivity contribution < 1.29 is 14.6 Å². The van der Waals surface area contributed by atoms with Crippen LogP contribution in [0.4, 0.5) is 0 Å². The lowest BCUT2D eigenvalue weighted by atomic mass is 10.2. The Morgan fingerprint density at radius 1 is 1.43 bits per heavy atom. The van der Waals surface area contributed by atoms with Gasteiger partial charge in [-0.1, -0.05) is 12.1 Å². The van der Waals surface area contributed by atoms with Gasteiger partial charge in [0.05, 0.1) is 12.8 Å². The maximum Gasteiger partial charge on any atom is 0.328 e. The highest BCUT2D eigenvalue weighted by Crippen LogP contribution is 2.17. The molecule has 0 amide bonds. The fourth-order valence-electron chi connectivity index (χ4n) is 1.64. The number of benzene rings is 1. The second-order valence-electron chi connectivity index (χ2n) is 4.29. The van der Waals surface area contributed by atoms with E-state index in [2.05, 4.69) is 5.10 Å². The van der Waals surface area contributed by atoms with Crippen LogP contribution in [-0.2, 0) is 11.8 Å². The first-order chi connectivity index (χ1) is 10.1. The van der Waals surface area contributed by atoms with E-state index in [-0.39, 0.29) is 0 Å². The van der Waals surface area contributed by atoms with Gasteiger partial charge in [-0.2, -0.15) is 5.10 Å². The molecule has 0 aliphatic rings. The molecule has 0 bridgehead atoms. The first-order valence-corrected chi connectivity index (χ1v) is 7.37. The molecule has 0 spiro atoms. The zero-order valence-corrected chi connectivity index (χ0v) is 12.4. The van der Waals surface area contributed by atoms with Gasteiger partial charge in [-0.25, -0.2) is 4.79 Å². The molecule has 0 aliphatic carbocycles. The molecular formula is C15H16N2O3S. The van der Waals surface area contributed by atoms with Gasteiger partial charge in [-0.15, -0.1) is 11.8 Å². The monoisotopic (exact) mass is 304 g/mol. The number of hydrogen-bond donors (Lipinski definition) is 1. The smallest absolute Gasteiger partial charge is 0.328 e. The number of hydrogen-bond acceptors (Lipinski definition) is 4. The number of ether oxygens (including phenoxy) is 1. The largest absolute Gasteiger partial charge is 0.493 e. The van der Waals surface area contributed by atoms with Crippen LogP contribution < -0.4 is 4.74 Å². The van der Waals surface area contributed by atoms with E-state index in [1.807, 2.05) is 43.7 Å². The molecule has 0 fully saturated rings. The number of carbonyl (C=O) groups is 1. The van der Waals surface area contributed by atoms with Crippen LogP contribution in [0.25, 0.3) is 6.08 Å². The SMILES string of the molecule is Cn1cc(SCCOc2ccc(C=CC(=O)O)cc2)cn1. The van der Waals surface area contributed by atoms with Crippen molar-refractivity contribution in [1.82, 2.24) is 9.78 Å². The van der Waals surface area contributed by atoms with E-state index in [1.165, 1.54) is 0 Å². The lowest BCUT2D eigenvalue weighted by molar-refractivity contribution is -0.131. The summed E-state index contributed by atoms with van der Waals surface area (Å²) in [4.78, 5) is 11.5. The molecule has 2 aromatic rings. The van der Waals surface area contributed by atoms with Crippen molar-refractivity contribution in [1.29, 1.82) is 0 Å². The molecule has 6 heteroatoms. The quantitative estimate of drug-likeness (QED) is 0.484. The van der Waals surface area contributed by atoms with Gasteiger partial charge in [0, 0.05) is 30.0 Å². The maximum absolute atomic E-state index is 10.4. The van der Waals surface area contributed by atoms with Crippen LogP contribution in [0.15, 0.2) is 47.6 Å². The van der Waals surface area contributed by atoms with Crippen molar-refractivity contribution in [2.24, 2.45) is 7.05 Å². The minimum atomic E-state index is -0.956. The number of carboxylic acids is 1. The lowest BCUT2D eigenvalue weighted by Crippen LogP contribution is -1.99. The van der Waals surface area contributed by atoms with Crippen molar-refractivity contribution in [3.8, 4) is 5.75 Å². The van der Waals surface area contributed by atoms with Crippen LogP contribution in [0.2, 0.25) is 0 Å². The predicted octanol–water partition coefficient (Wildman–Crippen LogP) is 2.69. The van der Waals surface area contributed by atoms with Gasteiger partial charge in [0.2, 0.25) is 0 Å². The van der Waals surface area contributed by atoms with E-state index >= 15 is 0 Å². The summed E-state index contributed by atoms with van der Waals surface area (Å²) in [5.74, 6) is 0.656. The maximum atomic E-state index is 10.4. The Kier molecular flexibility index (Phi) is 5.45. The topological polar surface area (TPSA) is 64.3 Å². The third-order valence-electron chi connectivity index (χ3n) is 2.60. The summed E-state index contributed by atoms with van der Waals surface area (Å²) in [6, 6.07) is 7.30. The fourth-order valence-corrected chi connectivity index (χ4v) is 2.39. The zero-order valence-electron chi connectivity index (χ0n) is 11.6. The first kappa shape index (κ1) is 15.2. The van der Waals surface area contributed by atoms with E-state index < -0.39 is 5.97 Å². The Bertz CT molecular complexity index is 620. The Hall–Kier alpha value is -2.21. The average Bonchev–Trinajstić information content (AvgIpc) is 2.88. The fraction of sp³-hybridized carbons (Fsp3) is 0.200. The summed E-state index contributed by atoms with van der Waals surface area (Å²) >= 11 is 1.69. The molecule has 21 heavy (non-hydrogen) atoms. The Morgan fingerprint density at radius 2 is 2.19 bits per heavy atom. The molecule has 0 atom stereocenters. The third kappa shape index (κ3) is 5.35. The highest BCUT2D eigenvalue weighted by Gasteiger charge is 1.98. The summed E-state index contributed by atoms with van der Waals surface area (Å²) in [5, 5.41) is 12.6.